The molecule has 3 aromatic rings. The molecule has 3 aromatic carbocycles. The van der Waals surface area contributed by atoms with E-state index in [9.17, 15) is 19.2 Å². The standard InChI is InChI=1S/C29H28N2O6/c1-3-4-19-29(20-36-26(33)24-17-11-12-18-25(24)37-21(2)32)27(34)30(22-13-7-5-8-14-22)31(28(29)35)23-15-9-6-10-16-23/h5-18H,3-4,19-20H2,1-2H3. The molecule has 0 bridgehead atoms. The van der Waals surface area contributed by atoms with Gasteiger partial charge in [0.15, 0.2) is 5.41 Å². The van der Waals surface area contributed by atoms with Crippen molar-refractivity contribution >= 4 is 35.1 Å². The molecule has 1 heterocycles. The van der Waals surface area contributed by atoms with Crippen molar-refractivity contribution in [2.24, 2.45) is 5.41 Å². The number of anilines is 2. The number of carbonyl (C=O) groups is 4. The van der Waals surface area contributed by atoms with Crippen LogP contribution in [0, 0.1) is 5.41 Å². The van der Waals surface area contributed by atoms with Crippen LogP contribution in [0.25, 0.3) is 0 Å². The largest absolute Gasteiger partial charge is 0.460 e. The molecule has 0 spiro atoms. The molecule has 1 aliphatic rings. The van der Waals surface area contributed by atoms with Crippen molar-refractivity contribution in [2.75, 3.05) is 16.6 Å². The first kappa shape index (κ1) is 25.6. The van der Waals surface area contributed by atoms with Gasteiger partial charge in [-0.1, -0.05) is 68.3 Å². The summed E-state index contributed by atoms with van der Waals surface area (Å²) < 4.78 is 10.7. The number of unbranched alkanes of at least 4 members (excludes halogenated alkanes) is 1. The number of hydrogen-bond donors (Lipinski definition) is 0. The van der Waals surface area contributed by atoms with Gasteiger partial charge in [0, 0.05) is 6.92 Å². The van der Waals surface area contributed by atoms with Crippen molar-refractivity contribution in [3.63, 3.8) is 0 Å². The molecule has 1 fully saturated rings. The average Bonchev–Trinajstić information content (AvgIpc) is 3.13. The van der Waals surface area contributed by atoms with Crippen molar-refractivity contribution in [2.45, 2.75) is 33.1 Å². The maximum Gasteiger partial charge on any atom is 0.341 e. The van der Waals surface area contributed by atoms with Crippen LogP contribution < -0.4 is 14.8 Å². The molecule has 1 aliphatic heterocycles. The second kappa shape index (κ2) is 11.1. The zero-order chi connectivity index (χ0) is 26.4. The number of amides is 2. The van der Waals surface area contributed by atoms with Gasteiger partial charge in [-0.25, -0.2) is 14.8 Å². The first-order chi connectivity index (χ1) is 17.9. The van der Waals surface area contributed by atoms with Crippen LogP contribution in [0.5, 0.6) is 5.75 Å². The summed E-state index contributed by atoms with van der Waals surface area (Å²) in [5, 5.41) is 2.71. The fourth-order valence-electron chi connectivity index (χ4n) is 4.32. The first-order valence-corrected chi connectivity index (χ1v) is 12.1. The monoisotopic (exact) mass is 500 g/mol. The van der Waals surface area contributed by atoms with Crippen LogP contribution in [-0.4, -0.2) is 30.4 Å². The van der Waals surface area contributed by atoms with Crippen LogP contribution in [0.15, 0.2) is 84.9 Å². The van der Waals surface area contributed by atoms with Gasteiger partial charge in [0.2, 0.25) is 0 Å². The van der Waals surface area contributed by atoms with E-state index in [1.807, 2.05) is 19.1 Å². The Bertz CT molecular complexity index is 1230. The van der Waals surface area contributed by atoms with E-state index in [2.05, 4.69) is 0 Å². The minimum absolute atomic E-state index is 0.0288. The molecule has 37 heavy (non-hydrogen) atoms. The Morgan fingerprint density at radius 1 is 0.784 bits per heavy atom. The summed E-state index contributed by atoms with van der Waals surface area (Å²) in [5.41, 5.74) is -0.543. The summed E-state index contributed by atoms with van der Waals surface area (Å²) in [4.78, 5) is 52.7. The minimum Gasteiger partial charge on any atom is -0.460 e. The third-order valence-electron chi connectivity index (χ3n) is 6.17. The summed E-state index contributed by atoms with van der Waals surface area (Å²) >= 11 is 0. The van der Waals surface area contributed by atoms with Gasteiger partial charge in [0.1, 0.15) is 17.9 Å². The zero-order valence-electron chi connectivity index (χ0n) is 20.8. The summed E-state index contributed by atoms with van der Waals surface area (Å²) in [6.07, 6.45) is 1.51. The number of hydrazine groups is 1. The number of hydrogen-bond acceptors (Lipinski definition) is 6. The van der Waals surface area contributed by atoms with E-state index in [-0.39, 0.29) is 17.7 Å². The molecular weight excluding hydrogens is 472 g/mol. The molecule has 0 N–H and O–H groups in total. The molecule has 4 rings (SSSR count). The van der Waals surface area contributed by atoms with Crippen LogP contribution in [-0.2, 0) is 19.1 Å². The number of ether oxygens (including phenoxy) is 2. The van der Waals surface area contributed by atoms with E-state index in [0.29, 0.717) is 17.8 Å². The van der Waals surface area contributed by atoms with Gasteiger partial charge in [-0.15, -0.1) is 0 Å². The van der Waals surface area contributed by atoms with Crippen molar-refractivity contribution < 1.29 is 28.7 Å². The molecule has 0 aliphatic carbocycles. The Hall–Kier alpha value is -4.46. The number of carbonyl (C=O) groups excluding carboxylic acids is 4. The number of benzene rings is 3. The van der Waals surface area contributed by atoms with Gasteiger partial charge in [-0.2, -0.15) is 0 Å². The van der Waals surface area contributed by atoms with Crippen LogP contribution in [0.3, 0.4) is 0 Å². The van der Waals surface area contributed by atoms with E-state index in [4.69, 9.17) is 9.47 Å². The maximum absolute atomic E-state index is 14.1. The number of para-hydroxylation sites is 3. The maximum atomic E-state index is 14.1. The lowest BCUT2D eigenvalue weighted by atomic mass is 9.82. The molecule has 0 aromatic heterocycles. The molecule has 0 atom stereocenters. The lowest BCUT2D eigenvalue weighted by Crippen LogP contribution is -2.42. The first-order valence-electron chi connectivity index (χ1n) is 12.1. The number of esters is 2. The van der Waals surface area contributed by atoms with E-state index in [1.165, 1.54) is 29.1 Å². The average molecular weight is 501 g/mol. The van der Waals surface area contributed by atoms with Crippen LogP contribution in [0.2, 0.25) is 0 Å². The summed E-state index contributed by atoms with van der Waals surface area (Å²) in [6, 6.07) is 24.0. The van der Waals surface area contributed by atoms with Gasteiger partial charge in [-0.05, 0) is 42.8 Å². The molecule has 0 radical (unpaired) electrons. The Labute approximate surface area is 215 Å². The normalized spacial score (nSPS) is 14.5. The molecule has 190 valence electrons. The number of rotatable bonds is 9. The summed E-state index contributed by atoms with van der Waals surface area (Å²) in [6.45, 7) is 2.74. The Balaban J connectivity index is 1.72. The quantitative estimate of drug-likeness (QED) is 0.235. The topological polar surface area (TPSA) is 93.2 Å². The van der Waals surface area contributed by atoms with E-state index < -0.39 is 35.8 Å². The summed E-state index contributed by atoms with van der Waals surface area (Å²) in [5.74, 6) is -2.27. The predicted octanol–water partition coefficient (Wildman–Crippen LogP) is 4.94. The minimum atomic E-state index is -1.62. The highest BCUT2D eigenvalue weighted by Crippen LogP contribution is 2.42. The van der Waals surface area contributed by atoms with E-state index >= 15 is 0 Å². The smallest absolute Gasteiger partial charge is 0.341 e. The highest BCUT2D eigenvalue weighted by atomic mass is 16.5. The highest BCUT2D eigenvalue weighted by Gasteiger charge is 2.59. The fraction of sp³-hybridized carbons (Fsp3) is 0.241. The molecular formula is C29H28N2O6. The van der Waals surface area contributed by atoms with Crippen LogP contribution in [0.4, 0.5) is 11.4 Å². The van der Waals surface area contributed by atoms with Crippen molar-refractivity contribution in [3.05, 3.63) is 90.5 Å². The Morgan fingerprint density at radius 3 is 1.81 bits per heavy atom. The molecule has 0 saturated carbocycles. The third-order valence-corrected chi connectivity index (χ3v) is 6.17. The van der Waals surface area contributed by atoms with Crippen molar-refractivity contribution in [1.29, 1.82) is 0 Å². The third kappa shape index (κ3) is 5.09. The van der Waals surface area contributed by atoms with Crippen LogP contribution in [0.1, 0.15) is 43.5 Å². The predicted molar refractivity (Wildman–Crippen MR) is 138 cm³/mol. The fourth-order valence-corrected chi connectivity index (χ4v) is 4.32. The second-order valence-electron chi connectivity index (χ2n) is 8.76. The zero-order valence-corrected chi connectivity index (χ0v) is 20.8. The van der Waals surface area contributed by atoms with E-state index in [0.717, 1.165) is 6.42 Å². The summed E-state index contributed by atoms with van der Waals surface area (Å²) in [7, 11) is 0. The van der Waals surface area contributed by atoms with Crippen LogP contribution >= 0.6 is 0 Å². The Morgan fingerprint density at radius 2 is 1.30 bits per heavy atom. The SMILES string of the molecule is CCCCC1(COC(=O)c2ccccc2OC(C)=O)C(=O)N(c2ccccc2)N(c2ccccc2)C1=O. The van der Waals surface area contributed by atoms with Gasteiger partial charge >= 0.3 is 11.9 Å². The van der Waals surface area contributed by atoms with E-state index in [1.54, 1.807) is 60.7 Å². The molecule has 0 unspecified atom stereocenters. The lowest BCUT2D eigenvalue weighted by Gasteiger charge is -2.27. The van der Waals surface area contributed by atoms with Gasteiger partial charge < -0.3 is 9.47 Å². The lowest BCUT2D eigenvalue weighted by molar-refractivity contribution is -0.138. The second-order valence-corrected chi connectivity index (χ2v) is 8.76. The highest BCUT2D eigenvalue weighted by molar-refractivity contribution is 6.26. The number of nitrogens with zero attached hydrogens (tertiary/aromatic N) is 2. The van der Waals surface area contributed by atoms with Crippen molar-refractivity contribution in [3.8, 4) is 5.75 Å². The van der Waals surface area contributed by atoms with Crippen molar-refractivity contribution in [1.82, 2.24) is 0 Å². The van der Waals surface area contributed by atoms with Gasteiger partial charge in [0.05, 0.1) is 11.4 Å². The Kier molecular flexibility index (Phi) is 7.67. The molecule has 8 heteroatoms. The molecule has 8 nitrogen and oxygen atoms in total. The van der Waals surface area contributed by atoms with Gasteiger partial charge in [-0.3, -0.25) is 14.4 Å². The molecule has 2 amide bonds. The van der Waals surface area contributed by atoms with Gasteiger partial charge in [0.25, 0.3) is 11.8 Å². The molecule has 1 saturated heterocycles.